The predicted octanol–water partition coefficient (Wildman–Crippen LogP) is 2.66. The molecule has 2 aliphatic heterocycles. The van der Waals surface area contributed by atoms with Gasteiger partial charge in [-0.15, -0.1) is 0 Å². The zero-order chi connectivity index (χ0) is 19.0. The average Bonchev–Trinajstić information content (AvgIpc) is 3.15. The lowest BCUT2D eigenvalue weighted by Crippen LogP contribution is -2.47. The van der Waals surface area contributed by atoms with Crippen LogP contribution < -0.4 is 9.80 Å². The van der Waals surface area contributed by atoms with Gasteiger partial charge in [0.2, 0.25) is 5.91 Å². The molecule has 4 rings (SSSR count). The molecule has 0 saturated carbocycles. The van der Waals surface area contributed by atoms with E-state index < -0.39 is 9.84 Å². The molecule has 0 bridgehead atoms. The predicted molar refractivity (Wildman–Crippen MR) is 108 cm³/mol. The van der Waals surface area contributed by atoms with Crippen molar-refractivity contribution in [2.75, 3.05) is 27.9 Å². The summed E-state index contributed by atoms with van der Waals surface area (Å²) in [4.78, 5) is 17.2. The van der Waals surface area contributed by atoms with E-state index in [1.54, 1.807) is 4.90 Å². The molecule has 0 radical (unpaired) electrons. The monoisotopic (exact) mass is 384 g/mol. The Labute approximate surface area is 160 Å². The summed E-state index contributed by atoms with van der Waals surface area (Å²) in [5.41, 5.74) is 3.13. The smallest absolute Gasteiger partial charge is 0.246 e. The first-order valence-corrected chi connectivity index (χ1v) is 11.2. The molecular weight excluding hydrogens is 360 g/mol. The minimum absolute atomic E-state index is 0.0414. The zero-order valence-corrected chi connectivity index (χ0v) is 16.2. The van der Waals surface area contributed by atoms with Crippen LogP contribution in [0.1, 0.15) is 18.9 Å². The van der Waals surface area contributed by atoms with Gasteiger partial charge in [0.15, 0.2) is 9.84 Å². The van der Waals surface area contributed by atoms with Gasteiger partial charge in [0.25, 0.3) is 0 Å². The number of sulfone groups is 1. The van der Waals surface area contributed by atoms with E-state index in [-0.39, 0.29) is 36.0 Å². The van der Waals surface area contributed by atoms with Crippen molar-refractivity contribution in [2.45, 2.75) is 31.8 Å². The summed E-state index contributed by atoms with van der Waals surface area (Å²) in [7, 11) is -3.08. The van der Waals surface area contributed by atoms with Crippen LogP contribution >= 0.6 is 0 Å². The Balaban J connectivity index is 1.62. The number of benzene rings is 2. The van der Waals surface area contributed by atoms with Crippen LogP contribution in [0.15, 0.2) is 54.6 Å². The third-order valence-corrected chi connectivity index (χ3v) is 7.28. The molecule has 0 aromatic heterocycles. The molecule has 2 aliphatic rings. The second-order valence-electron chi connectivity index (χ2n) is 7.47. The van der Waals surface area contributed by atoms with Gasteiger partial charge in [-0.1, -0.05) is 36.4 Å². The lowest BCUT2D eigenvalue weighted by atomic mass is 10.1. The molecule has 2 atom stereocenters. The quantitative estimate of drug-likeness (QED) is 0.813. The molecule has 27 heavy (non-hydrogen) atoms. The van der Waals surface area contributed by atoms with Gasteiger partial charge < -0.3 is 9.80 Å². The molecule has 1 amide bonds. The summed E-state index contributed by atoms with van der Waals surface area (Å²) in [6.07, 6.45) is 1.42. The Morgan fingerprint density at radius 3 is 2.52 bits per heavy atom. The number of rotatable bonds is 4. The Kier molecular flexibility index (Phi) is 4.68. The molecule has 0 N–H and O–H groups in total. The Morgan fingerprint density at radius 2 is 1.81 bits per heavy atom. The second-order valence-corrected chi connectivity index (χ2v) is 9.69. The molecule has 2 aromatic carbocycles. The lowest BCUT2D eigenvalue weighted by molar-refractivity contribution is -0.117. The maximum absolute atomic E-state index is 13.3. The van der Waals surface area contributed by atoms with E-state index in [4.69, 9.17) is 0 Å². The molecule has 0 spiro atoms. The summed E-state index contributed by atoms with van der Waals surface area (Å²) < 4.78 is 24.0. The summed E-state index contributed by atoms with van der Waals surface area (Å²) in [6.45, 7) is 2.38. The third-order valence-electron chi connectivity index (χ3n) is 5.53. The van der Waals surface area contributed by atoms with E-state index in [9.17, 15) is 13.2 Å². The van der Waals surface area contributed by atoms with Crippen molar-refractivity contribution in [1.82, 2.24) is 0 Å². The number of para-hydroxylation sites is 2. The van der Waals surface area contributed by atoms with Crippen LogP contribution in [0.25, 0.3) is 0 Å². The van der Waals surface area contributed by atoms with Crippen LogP contribution in [0.2, 0.25) is 0 Å². The van der Waals surface area contributed by atoms with Crippen LogP contribution in [-0.2, 0) is 21.1 Å². The second kappa shape index (κ2) is 7.00. The first-order valence-electron chi connectivity index (χ1n) is 9.37. The van der Waals surface area contributed by atoms with Crippen molar-refractivity contribution in [1.29, 1.82) is 0 Å². The van der Waals surface area contributed by atoms with Crippen molar-refractivity contribution in [3.63, 3.8) is 0 Å². The number of nitrogens with zero attached hydrogens (tertiary/aromatic N) is 2. The van der Waals surface area contributed by atoms with E-state index >= 15 is 0 Å². The molecule has 2 heterocycles. The number of hydrogen-bond acceptors (Lipinski definition) is 4. The van der Waals surface area contributed by atoms with Crippen LogP contribution in [-0.4, -0.2) is 44.5 Å². The highest BCUT2D eigenvalue weighted by atomic mass is 32.2. The van der Waals surface area contributed by atoms with Gasteiger partial charge >= 0.3 is 0 Å². The molecule has 2 aromatic rings. The lowest BCUT2D eigenvalue weighted by Gasteiger charge is -2.32. The number of carbonyl (C=O) groups excluding carboxylic acids is 1. The molecule has 142 valence electrons. The average molecular weight is 385 g/mol. The highest BCUT2D eigenvalue weighted by Crippen LogP contribution is 2.32. The fourth-order valence-electron chi connectivity index (χ4n) is 4.22. The van der Waals surface area contributed by atoms with Crippen LogP contribution in [0.5, 0.6) is 0 Å². The molecule has 5 nitrogen and oxygen atoms in total. The van der Waals surface area contributed by atoms with E-state index in [1.807, 2.05) is 42.5 Å². The highest BCUT2D eigenvalue weighted by molar-refractivity contribution is 7.91. The third kappa shape index (κ3) is 3.58. The van der Waals surface area contributed by atoms with Crippen molar-refractivity contribution in [3.8, 4) is 0 Å². The van der Waals surface area contributed by atoms with Gasteiger partial charge in [-0.25, -0.2) is 8.42 Å². The standard InChI is InChI=1S/C21H24N2O3S/c1-16-13-17-7-5-6-10-20(17)22(16)14-21(24)23(18-8-3-2-4-9-18)19-11-12-27(25,26)15-19/h2-10,16,19H,11-15H2,1H3/t16-,19+/m0/s1. The highest BCUT2D eigenvalue weighted by Gasteiger charge is 2.37. The van der Waals surface area contributed by atoms with E-state index in [0.29, 0.717) is 6.42 Å². The molecule has 0 unspecified atom stereocenters. The largest absolute Gasteiger partial charge is 0.359 e. The van der Waals surface area contributed by atoms with Gasteiger partial charge in [-0.05, 0) is 43.5 Å². The summed E-state index contributed by atoms with van der Waals surface area (Å²) in [6, 6.07) is 17.6. The number of amides is 1. The van der Waals surface area contributed by atoms with Crippen LogP contribution in [0.4, 0.5) is 11.4 Å². The number of anilines is 2. The summed E-state index contributed by atoms with van der Waals surface area (Å²) >= 11 is 0. The summed E-state index contributed by atoms with van der Waals surface area (Å²) in [5.74, 6) is 0.142. The van der Waals surface area contributed by atoms with E-state index in [0.717, 1.165) is 17.8 Å². The number of fused-ring (bicyclic) bond motifs is 1. The maximum Gasteiger partial charge on any atom is 0.246 e. The van der Waals surface area contributed by atoms with Gasteiger partial charge in [0, 0.05) is 17.4 Å². The Bertz CT molecular complexity index is 943. The molecule has 0 aliphatic carbocycles. The van der Waals surface area contributed by atoms with Crippen LogP contribution in [0, 0.1) is 0 Å². The van der Waals surface area contributed by atoms with Gasteiger partial charge in [0.05, 0.1) is 24.1 Å². The summed E-state index contributed by atoms with van der Waals surface area (Å²) in [5, 5.41) is 0. The fraction of sp³-hybridized carbons (Fsp3) is 0.381. The topological polar surface area (TPSA) is 57.7 Å². The first-order chi connectivity index (χ1) is 12.9. The molecule has 1 saturated heterocycles. The molecular formula is C21H24N2O3S. The van der Waals surface area contributed by atoms with Crippen molar-refractivity contribution in [3.05, 3.63) is 60.2 Å². The normalized spacial score (nSPS) is 23.2. The zero-order valence-electron chi connectivity index (χ0n) is 15.4. The van der Waals surface area contributed by atoms with E-state index in [2.05, 4.69) is 24.0 Å². The Hall–Kier alpha value is -2.34. The molecule has 1 fully saturated rings. The maximum atomic E-state index is 13.3. The van der Waals surface area contributed by atoms with Crippen molar-refractivity contribution < 1.29 is 13.2 Å². The minimum atomic E-state index is -3.08. The fourth-order valence-corrected chi connectivity index (χ4v) is 5.92. The molecule has 6 heteroatoms. The van der Waals surface area contributed by atoms with Crippen LogP contribution in [0.3, 0.4) is 0 Å². The van der Waals surface area contributed by atoms with Gasteiger partial charge in [-0.2, -0.15) is 0 Å². The number of hydrogen-bond donors (Lipinski definition) is 0. The first kappa shape index (κ1) is 18.0. The number of carbonyl (C=O) groups is 1. The minimum Gasteiger partial charge on any atom is -0.359 e. The van der Waals surface area contributed by atoms with Crippen molar-refractivity contribution >= 4 is 27.1 Å². The Morgan fingerprint density at radius 1 is 1.11 bits per heavy atom. The van der Waals surface area contributed by atoms with Crippen molar-refractivity contribution in [2.24, 2.45) is 0 Å². The van der Waals surface area contributed by atoms with Gasteiger partial charge in [-0.3, -0.25) is 4.79 Å². The SMILES string of the molecule is C[C@H]1Cc2ccccc2N1CC(=O)N(c1ccccc1)[C@@H]1CCS(=O)(=O)C1. The van der Waals surface area contributed by atoms with E-state index in [1.165, 1.54) is 5.56 Å². The van der Waals surface area contributed by atoms with Gasteiger partial charge in [0.1, 0.15) is 0 Å².